The molecule has 2 aromatic rings. The van der Waals surface area contributed by atoms with E-state index >= 15 is 0 Å². The molecule has 0 radical (unpaired) electrons. The summed E-state index contributed by atoms with van der Waals surface area (Å²) in [5.74, 6) is -0.929. The number of benzene rings is 1. The molecule has 5 heteroatoms. The maximum Gasteiger partial charge on any atom is 0.379 e. The van der Waals surface area contributed by atoms with Gasteiger partial charge >= 0.3 is 5.63 Å². The lowest BCUT2D eigenvalue weighted by Crippen LogP contribution is -1.98. The summed E-state index contributed by atoms with van der Waals surface area (Å²) in [6, 6.07) is 6.34. The number of hydrogen-bond donors (Lipinski definition) is 2. The van der Waals surface area contributed by atoms with Gasteiger partial charge < -0.3 is 14.6 Å². The average molecular weight is 239 g/mol. The zero-order valence-electron chi connectivity index (χ0n) is 7.98. The van der Waals surface area contributed by atoms with Gasteiger partial charge in [-0.1, -0.05) is 23.7 Å². The van der Waals surface area contributed by atoms with Crippen molar-refractivity contribution >= 4 is 11.6 Å². The molecule has 0 unspecified atom stereocenters. The zero-order chi connectivity index (χ0) is 11.7. The summed E-state index contributed by atoms with van der Waals surface area (Å²) in [6.07, 6.45) is 0.881. The quantitative estimate of drug-likeness (QED) is 0.800. The Morgan fingerprint density at radius 1 is 1.12 bits per heavy atom. The van der Waals surface area contributed by atoms with Gasteiger partial charge in [-0.25, -0.2) is 4.79 Å². The lowest BCUT2D eigenvalue weighted by molar-refractivity contribution is 0.382. The van der Waals surface area contributed by atoms with E-state index in [0.717, 1.165) is 6.26 Å². The molecule has 0 aliphatic heterocycles. The summed E-state index contributed by atoms with van der Waals surface area (Å²) in [5, 5.41) is 19.5. The van der Waals surface area contributed by atoms with Gasteiger partial charge in [-0.3, -0.25) is 0 Å². The monoisotopic (exact) mass is 238 g/mol. The van der Waals surface area contributed by atoms with Crippen LogP contribution in [0.25, 0.3) is 11.1 Å². The topological polar surface area (TPSA) is 70.7 Å². The Balaban J connectivity index is 2.68. The Kier molecular flexibility index (Phi) is 2.58. The van der Waals surface area contributed by atoms with E-state index < -0.39 is 11.4 Å². The highest BCUT2D eigenvalue weighted by molar-refractivity contribution is 6.30. The molecule has 0 bridgehead atoms. The summed E-state index contributed by atoms with van der Waals surface area (Å²) in [5.41, 5.74) is -0.386. The lowest BCUT2D eigenvalue weighted by atomic mass is 10.1. The second kappa shape index (κ2) is 3.90. The van der Waals surface area contributed by atoms with Crippen molar-refractivity contribution in [3.8, 4) is 22.6 Å². The molecule has 1 heterocycles. The molecule has 0 fully saturated rings. The van der Waals surface area contributed by atoms with E-state index in [1.165, 1.54) is 0 Å². The normalized spacial score (nSPS) is 10.3. The molecule has 2 N–H and O–H groups in total. The minimum absolute atomic E-state index is 0.0351. The van der Waals surface area contributed by atoms with Gasteiger partial charge in [0.1, 0.15) is 6.26 Å². The smallest absolute Gasteiger partial charge is 0.379 e. The Hall–Kier alpha value is -1.94. The Labute approximate surface area is 95.3 Å². The van der Waals surface area contributed by atoms with Crippen LogP contribution in [0, 0.1) is 0 Å². The minimum atomic E-state index is -0.900. The maximum absolute atomic E-state index is 11.1. The molecular formula is C11H7ClO4. The van der Waals surface area contributed by atoms with Gasteiger partial charge in [0.2, 0.25) is 5.75 Å². The van der Waals surface area contributed by atoms with E-state index in [9.17, 15) is 15.0 Å². The fourth-order valence-electron chi connectivity index (χ4n) is 1.35. The molecule has 0 atom stereocenters. The van der Waals surface area contributed by atoms with Crippen molar-refractivity contribution in [1.82, 2.24) is 0 Å². The molecule has 0 amide bonds. The summed E-state index contributed by atoms with van der Waals surface area (Å²) in [4.78, 5) is 11.1. The highest BCUT2D eigenvalue weighted by Crippen LogP contribution is 2.34. The Morgan fingerprint density at radius 2 is 1.75 bits per heavy atom. The van der Waals surface area contributed by atoms with Gasteiger partial charge in [0.25, 0.3) is 0 Å². The third kappa shape index (κ3) is 1.75. The first-order chi connectivity index (χ1) is 7.59. The van der Waals surface area contributed by atoms with E-state index in [2.05, 4.69) is 4.42 Å². The molecule has 1 aromatic heterocycles. The van der Waals surface area contributed by atoms with Crippen LogP contribution in [0.2, 0.25) is 5.02 Å². The van der Waals surface area contributed by atoms with Crippen molar-refractivity contribution in [2.75, 3.05) is 0 Å². The first-order valence-electron chi connectivity index (χ1n) is 4.39. The van der Waals surface area contributed by atoms with Gasteiger partial charge in [0.15, 0.2) is 5.75 Å². The molecule has 2 rings (SSSR count). The highest BCUT2D eigenvalue weighted by atomic mass is 35.5. The first-order valence-corrected chi connectivity index (χ1v) is 4.77. The van der Waals surface area contributed by atoms with Crippen molar-refractivity contribution in [1.29, 1.82) is 0 Å². The van der Waals surface area contributed by atoms with Gasteiger partial charge in [-0.2, -0.15) is 0 Å². The van der Waals surface area contributed by atoms with Crippen LogP contribution in [0.4, 0.5) is 0 Å². The molecule has 0 aliphatic rings. The average Bonchev–Trinajstić information content (AvgIpc) is 2.27. The van der Waals surface area contributed by atoms with Crippen LogP contribution >= 0.6 is 11.6 Å². The molecule has 0 aliphatic carbocycles. The number of rotatable bonds is 1. The van der Waals surface area contributed by atoms with Crippen molar-refractivity contribution in [3.05, 3.63) is 46.0 Å². The molecule has 16 heavy (non-hydrogen) atoms. The van der Waals surface area contributed by atoms with Crippen molar-refractivity contribution in [2.24, 2.45) is 0 Å². The standard InChI is InChI=1S/C11H7ClO4/c12-7-3-1-6(2-4-7)9-8(13)5-16-11(15)10(9)14/h1-5,13-14H. The second-order valence-electron chi connectivity index (χ2n) is 3.14. The third-order valence-corrected chi connectivity index (χ3v) is 2.35. The van der Waals surface area contributed by atoms with Crippen LogP contribution in [0.1, 0.15) is 0 Å². The number of hydrogen-bond acceptors (Lipinski definition) is 4. The highest BCUT2D eigenvalue weighted by Gasteiger charge is 2.14. The second-order valence-corrected chi connectivity index (χ2v) is 3.58. The van der Waals surface area contributed by atoms with Crippen LogP contribution < -0.4 is 5.63 Å². The fraction of sp³-hybridized carbons (Fsp3) is 0. The van der Waals surface area contributed by atoms with Gasteiger partial charge in [-0.15, -0.1) is 0 Å². The minimum Gasteiger partial charge on any atom is -0.504 e. The zero-order valence-corrected chi connectivity index (χ0v) is 8.73. The van der Waals surface area contributed by atoms with Crippen LogP contribution in [-0.4, -0.2) is 10.2 Å². The number of aromatic hydroxyl groups is 2. The molecular weight excluding hydrogens is 232 g/mol. The van der Waals surface area contributed by atoms with Crippen LogP contribution in [0.5, 0.6) is 11.5 Å². The molecule has 82 valence electrons. The van der Waals surface area contributed by atoms with Crippen LogP contribution in [-0.2, 0) is 0 Å². The largest absolute Gasteiger partial charge is 0.504 e. The Bertz CT molecular complexity index is 572. The predicted octanol–water partition coefficient (Wildman–Crippen LogP) is 2.37. The Morgan fingerprint density at radius 3 is 2.38 bits per heavy atom. The molecule has 1 aromatic carbocycles. The summed E-state index contributed by atoms with van der Waals surface area (Å²) >= 11 is 5.70. The SMILES string of the molecule is O=c1occ(O)c(-c2ccc(Cl)cc2)c1O. The van der Waals surface area contributed by atoms with Crippen LogP contribution in [0.15, 0.2) is 39.7 Å². The van der Waals surface area contributed by atoms with E-state index in [0.29, 0.717) is 10.6 Å². The molecule has 0 saturated heterocycles. The third-order valence-electron chi connectivity index (χ3n) is 2.10. The van der Waals surface area contributed by atoms with E-state index in [1.807, 2.05) is 0 Å². The maximum atomic E-state index is 11.1. The molecule has 0 saturated carbocycles. The van der Waals surface area contributed by atoms with E-state index in [-0.39, 0.29) is 11.3 Å². The van der Waals surface area contributed by atoms with E-state index in [1.54, 1.807) is 24.3 Å². The first kappa shape index (κ1) is 10.6. The summed E-state index contributed by atoms with van der Waals surface area (Å²) in [7, 11) is 0. The van der Waals surface area contributed by atoms with Crippen molar-refractivity contribution < 1.29 is 14.6 Å². The molecule has 4 nitrogen and oxygen atoms in total. The predicted molar refractivity (Wildman–Crippen MR) is 58.8 cm³/mol. The van der Waals surface area contributed by atoms with Gasteiger partial charge in [0.05, 0.1) is 5.56 Å². The van der Waals surface area contributed by atoms with Crippen LogP contribution in [0.3, 0.4) is 0 Å². The van der Waals surface area contributed by atoms with Crippen molar-refractivity contribution in [3.63, 3.8) is 0 Å². The lowest BCUT2D eigenvalue weighted by Gasteiger charge is -2.05. The fourth-order valence-corrected chi connectivity index (χ4v) is 1.47. The van der Waals surface area contributed by atoms with Gasteiger partial charge in [0, 0.05) is 5.02 Å². The summed E-state index contributed by atoms with van der Waals surface area (Å²) < 4.78 is 4.39. The summed E-state index contributed by atoms with van der Waals surface area (Å²) in [6.45, 7) is 0. The number of halogens is 1. The van der Waals surface area contributed by atoms with Gasteiger partial charge in [-0.05, 0) is 17.7 Å². The molecule has 0 spiro atoms. The van der Waals surface area contributed by atoms with Crippen molar-refractivity contribution in [2.45, 2.75) is 0 Å². The van der Waals surface area contributed by atoms with E-state index in [4.69, 9.17) is 11.6 Å².